The minimum atomic E-state index is -1.11. The number of rotatable bonds is 3. The monoisotopic (exact) mass is 387 g/mol. The second-order valence-electron chi connectivity index (χ2n) is 5.38. The van der Waals surface area contributed by atoms with Crippen molar-refractivity contribution in [2.75, 3.05) is 5.32 Å². The highest BCUT2D eigenvalue weighted by Gasteiger charge is 2.20. The molecule has 0 fully saturated rings. The fourth-order valence-corrected chi connectivity index (χ4v) is 2.94. The molecule has 2 aromatic heterocycles. The molecule has 2 heterocycles. The highest BCUT2D eigenvalue weighted by atomic mass is 79.9. The molecular weight excluding hydrogens is 374 g/mol. The van der Waals surface area contributed by atoms with Crippen LogP contribution in [-0.2, 0) is 0 Å². The highest BCUT2D eigenvalue weighted by Crippen LogP contribution is 2.23. The molecule has 0 bridgehead atoms. The molecule has 0 spiro atoms. The quantitative estimate of drug-likeness (QED) is 0.717. The van der Waals surface area contributed by atoms with Crippen LogP contribution in [0.3, 0.4) is 0 Å². The number of nitrogens with one attached hydrogen (secondary N) is 1. The molecule has 6 nitrogen and oxygen atoms in total. The molecule has 7 heteroatoms. The van der Waals surface area contributed by atoms with Crippen molar-refractivity contribution >= 4 is 39.1 Å². The van der Waals surface area contributed by atoms with Gasteiger partial charge in [-0.2, -0.15) is 0 Å². The highest BCUT2D eigenvalue weighted by molar-refractivity contribution is 9.10. The van der Waals surface area contributed by atoms with E-state index in [1.165, 1.54) is 6.07 Å². The van der Waals surface area contributed by atoms with Gasteiger partial charge in [0.05, 0.1) is 16.9 Å². The summed E-state index contributed by atoms with van der Waals surface area (Å²) >= 11 is 3.23. The van der Waals surface area contributed by atoms with Gasteiger partial charge in [0.1, 0.15) is 11.3 Å². The third kappa shape index (κ3) is 2.78. The van der Waals surface area contributed by atoms with E-state index >= 15 is 0 Å². The number of carboxylic acid groups (broad SMARTS) is 1. The zero-order valence-corrected chi connectivity index (χ0v) is 14.6. The van der Waals surface area contributed by atoms with Gasteiger partial charge in [-0.3, -0.25) is 9.20 Å². The summed E-state index contributed by atoms with van der Waals surface area (Å²) in [6.45, 7) is 3.67. The number of halogens is 1. The van der Waals surface area contributed by atoms with E-state index in [-0.39, 0.29) is 11.3 Å². The summed E-state index contributed by atoms with van der Waals surface area (Å²) in [5, 5.41) is 12.0. The predicted octanol–water partition coefficient (Wildman–Crippen LogP) is 3.66. The molecule has 1 amide bonds. The van der Waals surface area contributed by atoms with Gasteiger partial charge in [0.25, 0.3) is 5.91 Å². The topological polar surface area (TPSA) is 83.7 Å². The Bertz CT molecular complexity index is 979. The van der Waals surface area contributed by atoms with Crippen LogP contribution in [0.1, 0.15) is 32.1 Å². The molecule has 24 heavy (non-hydrogen) atoms. The molecule has 122 valence electrons. The van der Waals surface area contributed by atoms with Crippen LogP contribution < -0.4 is 5.32 Å². The number of aromatic nitrogens is 2. The molecule has 0 saturated carbocycles. The van der Waals surface area contributed by atoms with Crippen molar-refractivity contribution in [2.45, 2.75) is 13.8 Å². The smallest absolute Gasteiger partial charge is 0.337 e. The van der Waals surface area contributed by atoms with Gasteiger partial charge in [-0.15, -0.1) is 0 Å². The van der Waals surface area contributed by atoms with E-state index < -0.39 is 11.9 Å². The van der Waals surface area contributed by atoms with Crippen LogP contribution in [0.5, 0.6) is 0 Å². The summed E-state index contributed by atoms with van der Waals surface area (Å²) in [4.78, 5) is 28.5. The van der Waals surface area contributed by atoms with E-state index in [1.807, 2.05) is 19.1 Å². The molecule has 0 unspecified atom stereocenters. The van der Waals surface area contributed by atoms with Crippen molar-refractivity contribution < 1.29 is 14.7 Å². The fourth-order valence-electron chi connectivity index (χ4n) is 2.57. The second kappa shape index (κ2) is 6.09. The average Bonchev–Trinajstić information content (AvgIpc) is 2.86. The SMILES string of the molecule is Cc1nc2c(C)cccn2c1C(=O)Nc1ccc(Br)cc1C(=O)O. The standard InChI is InChI=1S/C17H14BrN3O3/c1-9-4-3-7-21-14(10(2)19-15(9)21)16(22)20-13-6-5-11(18)8-12(13)17(23)24/h3-8H,1-2H3,(H,20,22)(H,23,24). The third-order valence-corrected chi connectivity index (χ3v) is 4.19. The number of amides is 1. The lowest BCUT2D eigenvalue weighted by Gasteiger charge is -2.09. The minimum absolute atomic E-state index is 0.0142. The van der Waals surface area contributed by atoms with Gasteiger partial charge in [-0.1, -0.05) is 22.0 Å². The second-order valence-corrected chi connectivity index (χ2v) is 6.30. The number of nitrogens with zero attached hydrogens (tertiary/aromatic N) is 2. The maximum Gasteiger partial charge on any atom is 0.337 e. The Morgan fingerprint density at radius 1 is 1.25 bits per heavy atom. The summed E-state index contributed by atoms with van der Waals surface area (Å²) in [6.07, 6.45) is 1.76. The normalized spacial score (nSPS) is 10.8. The first-order valence-corrected chi connectivity index (χ1v) is 7.96. The zero-order chi connectivity index (χ0) is 17.4. The van der Waals surface area contributed by atoms with Gasteiger partial charge < -0.3 is 10.4 Å². The number of aromatic carboxylic acids is 1. The number of fused-ring (bicyclic) bond motifs is 1. The van der Waals surface area contributed by atoms with Crippen LogP contribution in [0.2, 0.25) is 0 Å². The number of carbonyl (C=O) groups excluding carboxylic acids is 1. The number of anilines is 1. The molecule has 0 atom stereocenters. The number of carbonyl (C=O) groups is 2. The maximum absolute atomic E-state index is 12.7. The van der Waals surface area contributed by atoms with Gasteiger partial charge in [-0.25, -0.2) is 9.78 Å². The average molecular weight is 388 g/mol. The number of carboxylic acids is 1. The molecule has 0 aliphatic heterocycles. The zero-order valence-electron chi connectivity index (χ0n) is 13.0. The van der Waals surface area contributed by atoms with Crippen LogP contribution >= 0.6 is 15.9 Å². The van der Waals surface area contributed by atoms with Gasteiger partial charge in [0.15, 0.2) is 0 Å². The molecule has 0 saturated heterocycles. The van der Waals surface area contributed by atoms with Gasteiger partial charge in [0.2, 0.25) is 0 Å². The van der Waals surface area contributed by atoms with Crippen molar-refractivity contribution in [3.8, 4) is 0 Å². The predicted molar refractivity (Wildman–Crippen MR) is 93.7 cm³/mol. The van der Waals surface area contributed by atoms with Gasteiger partial charge >= 0.3 is 5.97 Å². The fraction of sp³-hybridized carbons (Fsp3) is 0.118. The van der Waals surface area contributed by atoms with E-state index in [9.17, 15) is 14.7 Å². The van der Waals surface area contributed by atoms with Crippen molar-refractivity contribution in [2.24, 2.45) is 0 Å². The Morgan fingerprint density at radius 3 is 2.71 bits per heavy atom. The van der Waals surface area contributed by atoms with E-state index in [2.05, 4.69) is 26.2 Å². The Hall–Kier alpha value is -2.67. The number of imidazole rings is 1. The Morgan fingerprint density at radius 2 is 2.00 bits per heavy atom. The van der Waals surface area contributed by atoms with Crippen LogP contribution in [-0.4, -0.2) is 26.4 Å². The first kappa shape index (κ1) is 16.2. The van der Waals surface area contributed by atoms with Crippen molar-refractivity contribution in [1.82, 2.24) is 9.38 Å². The Labute approximate surface area is 146 Å². The third-order valence-electron chi connectivity index (χ3n) is 3.69. The number of aryl methyl sites for hydroxylation is 2. The van der Waals surface area contributed by atoms with Crippen LogP contribution in [0.4, 0.5) is 5.69 Å². The summed E-state index contributed by atoms with van der Waals surface area (Å²) in [6, 6.07) is 8.43. The Balaban J connectivity index is 2.05. The van der Waals surface area contributed by atoms with Gasteiger partial charge in [0, 0.05) is 10.7 Å². The number of hydrogen-bond donors (Lipinski definition) is 2. The summed E-state index contributed by atoms with van der Waals surface area (Å²) in [5.41, 5.74) is 2.87. The molecule has 0 aliphatic carbocycles. The number of benzene rings is 1. The van der Waals surface area contributed by atoms with Crippen LogP contribution in [0.25, 0.3) is 5.65 Å². The molecule has 3 rings (SSSR count). The summed E-state index contributed by atoms with van der Waals surface area (Å²) < 4.78 is 2.33. The molecular formula is C17H14BrN3O3. The lowest BCUT2D eigenvalue weighted by molar-refractivity contribution is 0.0698. The summed E-state index contributed by atoms with van der Waals surface area (Å²) in [7, 11) is 0. The molecule has 3 aromatic rings. The molecule has 1 aromatic carbocycles. The van der Waals surface area contributed by atoms with E-state index in [4.69, 9.17) is 0 Å². The minimum Gasteiger partial charge on any atom is -0.478 e. The van der Waals surface area contributed by atoms with E-state index in [0.29, 0.717) is 21.5 Å². The summed E-state index contributed by atoms with van der Waals surface area (Å²) in [5.74, 6) is -1.52. The Kier molecular flexibility index (Phi) is 4.11. The van der Waals surface area contributed by atoms with Crippen LogP contribution in [0.15, 0.2) is 41.0 Å². The van der Waals surface area contributed by atoms with Crippen molar-refractivity contribution in [3.05, 3.63) is 63.5 Å². The maximum atomic E-state index is 12.7. The van der Waals surface area contributed by atoms with E-state index in [1.54, 1.807) is 29.7 Å². The number of pyridine rings is 1. The largest absolute Gasteiger partial charge is 0.478 e. The molecule has 0 aliphatic rings. The lowest BCUT2D eigenvalue weighted by atomic mass is 10.1. The van der Waals surface area contributed by atoms with Crippen molar-refractivity contribution in [3.63, 3.8) is 0 Å². The number of hydrogen-bond acceptors (Lipinski definition) is 3. The molecule has 0 radical (unpaired) electrons. The van der Waals surface area contributed by atoms with E-state index in [0.717, 1.165) is 5.56 Å². The van der Waals surface area contributed by atoms with Gasteiger partial charge in [-0.05, 0) is 43.7 Å². The first-order chi connectivity index (χ1) is 11.4. The lowest BCUT2D eigenvalue weighted by Crippen LogP contribution is -2.17. The van der Waals surface area contributed by atoms with Crippen molar-refractivity contribution in [1.29, 1.82) is 0 Å². The first-order valence-electron chi connectivity index (χ1n) is 7.17. The van der Waals surface area contributed by atoms with Crippen LogP contribution in [0, 0.1) is 13.8 Å². The molecule has 2 N–H and O–H groups in total.